The molecule has 0 bridgehead atoms. The van der Waals surface area contributed by atoms with E-state index in [9.17, 15) is 4.79 Å². The highest BCUT2D eigenvalue weighted by atomic mass is 16.1. The lowest BCUT2D eigenvalue weighted by atomic mass is 10.2. The number of hydrogen-bond donors (Lipinski definition) is 0. The van der Waals surface area contributed by atoms with Gasteiger partial charge in [0.05, 0.1) is 0 Å². The molecule has 1 fully saturated rings. The molecule has 0 saturated carbocycles. The summed E-state index contributed by atoms with van der Waals surface area (Å²) in [6.45, 7) is 4.56. The first-order chi connectivity index (χ1) is 7.31. The van der Waals surface area contributed by atoms with Gasteiger partial charge in [0.25, 0.3) is 0 Å². The van der Waals surface area contributed by atoms with Crippen molar-refractivity contribution < 1.29 is 4.79 Å². The number of anilines is 1. The van der Waals surface area contributed by atoms with Crippen molar-refractivity contribution in [3.8, 4) is 0 Å². The summed E-state index contributed by atoms with van der Waals surface area (Å²) in [4.78, 5) is 19.1. The Balaban J connectivity index is 2.06. The van der Waals surface area contributed by atoms with Crippen LogP contribution < -0.4 is 4.90 Å². The second-order valence-electron chi connectivity index (χ2n) is 3.83. The van der Waals surface area contributed by atoms with Gasteiger partial charge in [0.1, 0.15) is 5.82 Å². The highest BCUT2D eigenvalue weighted by molar-refractivity contribution is 5.50. The van der Waals surface area contributed by atoms with E-state index in [0.717, 1.165) is 31.9 Å². The van der Waals surface area contributed by atoms with Crippen molar-refractivity contribution in [1.82, 2.24) is 9.88 Å². The molecule has 1 amide bonds. The van der Waals surface area contributed by atoms with E-state index in [1.807, 2.05) is 23.1 Å². The standard InChI is InChI=1S/C11H15N3O/c1-10-8-13(6-7-14(10)9-15)11-4-2-3-5-12-11/h2-5,9-10H,6-8H2,1H3. The van der Waals surface area contributed by atoms with Gasteiger partial charge in [-0.15, -0.1) is 0 Å². The number of amides is 1. The molecule has 1 saturated heterocycles. The van der Waals surface area contributed by atoms with Gasteiger partial charge in [0.15, 0.2) is 0 Å². The van der Waals surface area contributed by atoms with Gasteiger partial charge in [-0.1, -0.05) is 6.07 Å². The first-order valence-electron chi connectivity index (χ1n) is 5.18. The number of piperazine rings is 1. The molecule has 1 aromatic heterocycles. The minimum absolute atomic E-state index is 0.262. The van der Waals surface area contributed by atoms with Crippen LogP contribution >= 0.6 is 0 Å². The van der Waals surface area contributed by atoms with Crippen LogP contribution in [0.5, 0.6) is 0 Å². The molecule has 0 aromatic carbocycles. The van der Waals surface area contributed by atoms with Crippen LogP contribution in [0.3, 0.4) is 0 Å². The van der Waals surface area contributed by atoms with E-state index in [4.69, 9.17) is 0 Å². The van der Waals surface area contributed by atoms with Crippen molar-refractivity contribution >= 4 is 12.2 Å². The molecule has 0 radical (unpaired) electrons. The quantitative estimate of drug-likeness (QED) is 0.668. The van der Waals surface area contributed by atoms with E-state index in [1.165, 1.54) is 0 Å². The van der Waals surface area contributed by atoms with Gasteiger partial charge in [0.2, 0.25) is 6.41 Å². The predicted molar refractivity (Wildman–Crippen MR) is 58.7 cm³/mol. The van der Waals surface area contributed by atoms with Crippen LogP contribution in [0.2, 0.25) is 0 Å². The number of carbonyl (C=O) groups is 1. The third-order valence-corrected chi connectivity index (χ3v) is 2.79. The summed E-state index contributed by atoms with van der Waals surface area (Å²) < 4.78 is 0. The van der Waals surface area contributed by atoms with Crippen molar-refractivity contribution in [2.45, 2.75) is 13.0 Å². The van der Waals surface area contributed by atoms with Gasteiger partial charge in [-0.3, -0.25) is 4.79 Å². The topological polar surface area (TPSA) is 36.4 Å². The van der Waals surface area contributed by atoms with Crippen molar-refractivity contribution in [2.24, 2.45) is 0 Å². The smallest absolute Gasteiger partial charge is 0.210 e. The number of aromatic nitrogens is 1. The van der Waals surface area contributed by atoms with Crippen LogP contribution in [0, 0.1) is 0 Å². The van der Waals surface area contributed by atoms with Gasteiger partial charge in [-0.05, 0) is 19.1 Å². The Labute approximate surface area is 89.5 Å². The molecule has 2 rings (SSSR count). The summed E-state index contributed by atoms with van der Waals surface area (Å²) in [5.74, 6) is 0.995. The molecule has 4 heteroatoms. The highest BCUT2D eigenvalue weighted by Crippen LogP contribution is 2.14. The summed E-state index contributed by atoms with van der Waals surface area (Å²) in [5, 5.41) is 0. The monoisotopic (exact) mass is 205 g/mol. The maximum Gasteiger partial charge on any atom is 0.210 e. The lowest BCUT2D eigenvalue weighted by molar-refractivity contribution is -0.120. The molecule has 0 spiro atoms. The summed E-state index contributed by atoms with van der Waals surface area (Å²) >= 11 is 0. The largest absolute Gasteiger partial charge is 0.353 e. The summed E-state index contributed by atoms with van der Waals surface area (Å²) in [7, 11) is 0. The number of rotatable bonds is 2. The Morgan fingerprint density at radius 2 is 2.33 bits per heavy atom. The Hall–Kier alpha value is -1.58. The third kappa shape index (κ3) is 2.09. The SMILES string of the molecule is CC1CN(c2ccccn2)CCN1C=O. The summed E-state index contributed by atoms with van der Waals surface area (Å²) in [5.41, 5.74) is 0. The van der Waals surface area contributed by atoms with Crippen molar-refractivity contribution in [3.05, 3.63) is 24.4 Å². The molecule has 15 heavy (non-hydrogen) atoms. The molecule has 1 aromatic rings. The first kappa shape index (κ1) is 9.96. The normalized spacial score (nSPS) is 21.5. The molecule has 4 nitrogen and oxygen atoms in total. The van der Waals surface area contributed by atoms with Crippen LogP contribution in [-0.4, -0.2) is 42.0 Å². The Morgan fingerprint density at radius 1 is 1.47 bits per heavy atom. The zero-order valence-electron chi connectivity index (χ0n) is 8.84. The Kier molecular flexibility index (Phi) is 2.85. The zero-order chi connectivity index (χ0) is 10.7. The fourth-order valence-electron chi connectivity index (χ4n) is 1.88. The first-order valence-corrected chi connectivity index (χ1v) is 5.18. The number of carbonyl (C=O) groups excluding carboxylic acids is 1. The van der Waals surface area contributed by atoms with Gasteiger partial charge in [0, 0.05) is 31.9 Å². The third-order valence-electron chi connectivity index (χ3n) is 2.79. The van der Waals surface area contributed by atoms with Crippen LogP contribution in [0.25, 0.3) is 0 Å². The van der Waals surface area contributed by atoms with E-state index in [1.54, 1.807) is 6.20 Å². The molecule has 1 aliphatic rings. The minimum Gasteiger partial charge on any atom is -0.353 e. The highest BCUT2D eigenvalue weighted by Gasteiger charge is 2.22. The Bertz CT molecular complexity index is 328. The van der Waals surface area contributed by atoms with Crippen LogP contribution in [-0.2, 0) is 4.79 Å². The number of nitrogens with zero attached hydrogens (tertiary/aromatic N) is 3. The fraction of sp³-hybridized carbons (Fsp3) is 0.455. The van der Waals surface area contributed by atoms with Crippen LogP contribution in [0.4, 0.5) is 5.82 Å². The van der Waals surface area contributed by atoms with Gasteiger partial charge in [-0.2, -0.15) is 0 Å². The molecule has 0 aliphatic carbocycles. The molecule has 1 aliphatic heterocycles. The van der Waals surface area contributed by atoms with E-state index in [2.05, 4.69) is 16.8 Å². The summed E-state index contributed by atoms with van der Waals surface area (Å²) in [6, 6.07) is 6.16. The molecular weight excluding hydrogens is 190 g/mol. The maximum absolute atomic E-state index is 10.7. The molecular formula is C11H15N3O. The average Bonchev–Trinajstić information content (AvgIpc) is 2.30. The molecule has 1 unspecified atom stereocenters. The maximum atomic E-state index is 10.7. The molecule has 2 heterocycles. The van der Waals surface area contributed by atoms with E-state index in [-0.39, 0.29) is 6.04 Å². The molecule has 1 atom stereocenters. The van der Waals surface area contributed by atoms with Crippen molar-refractivity contribution in [3.63, 3.8) is 0 Å². The predicted octanol–water partition coefficient (Wildman–Crippen LogP) is 0.748. The fourth-order valence-corrected chi connectivity index (χ4v) is 1.88. The van der Waals surface area contributed by atoms with Crippen LogP contribution in [0.1, 0.15) is 6.92 Å². The second kappa shape index (κ2) is 4.29. The van der Waals surface area contributed by atoms with Crippen LogP contribution in [0.15, 0.2) is 24.4 Å². The lowest BCUT2D eigenvalue weighted by Gasteiger charge is -2.38. The average molecular weight is 205 g/mol. The van der Waals surface area contributed by atoms with E-state index < -0.39 is 0 Å². The van der Waals surface area contributed by atoms with Crippen molar-refractivity contribution in [1.29, 1.82) is 0 Å². The van der Waals surface area contributed by atoms with Crippen molar-refractivity contribution in [2.75, 3.05) is 24.5 Å². The van der Waals surface area contributed by atoms with Gasteiger partial charge in [-0.25, -0.2) is 4.98 Å². The zero-order valence-corrected chi connectivity index (χ0v) is 8.84. The molecule has 80 valence electrons. The lowest BCUT2D eigenvalue weighted by Crippen LogP contribution is -2.51. The van der Waals surface area contributed by atoms with Gasteiger partial charge >= 0.3 is 0 Å². The number of pyridine rings is 1. The minimum atomic E-state index is 0.262. The Morgan fingerprint density at radius 3 is 2.93 bits per heavy atom. The van der Waals surface area contributed by atoms with E-state index in [0.29, 0.717) is 0 Å². The number of hydrogen-bond acceptors (Lipinski definition) is 3. The molecule has 0 N–H and O–H groups in total. The second-order valence-corrected chi connectivity index (χ2v) is 3.83. The van der Waals surface area contributed by atoms with E-state index >= 15 is 0 Å². The summed E-state index contributed by atoms with van der Waals surface area (Å²) in [6.07, 6.45) is 2.73. The van der Waals surface area contributed by atoms with Gasteiger partial charge < -0.3 is 9.80 Å².